The summed E-state index contributed by atoms with van der Waals surface area (Å²) in [5, 5.41) is 10.5. The maximum absolute atomic E-state index is 12.9. The highest BCUT2D eigenvalue weighted by molar-refractivity contribution is 5.99. The third-order valence-electron chi connectivity index (χ3n) is 5.54. The van der Waals surface area contributed by atoms with Crippen LogP contribution in [0, 0.1) is 0 Å². The third kappa shape index (κ3) is 7.91. The molecule has 0 spiro atoms. The van der Waals surface area contributed by atoms with Gasteiger partial charge in [0.2, 0.25) is 5.88 Å². The van der Waals surface area contributed by atoms with Gasteiger partial charge in [-0.3, -0.25) is 5.32 Å². The van der Waals surface area contributed by atoms with Gasteiger partial charge in [-0.15, -0.1) is 0 Å². The number of urea groups is 1. The molecule has 40 heavy (non-hydrogen) atoms. The van der Waals surface area contributed by atoms with Gasteiger partial charge in [0.15, 0.2) is 6.79 Å². The van der Waals surface area contributed by atoms with E-state index in [-0.39, 0.29) is 12.2 Å². The molecule has 0 unspecified atom stereocenters. The van der Waals surface area contributed by atoms with Crippen molar-refractivity contribution in [3.63, 3.8) is 0 Å². The predicted molar refractivity (Wildman–Crippen MR) is 151 cm³/mol. The Morgan fingerprint density at radius 3 is 2.35 bits per heavy atom. The second kappa shape index (κ2) is 12.9. The molecule has 12 heteroatoms. The third-order valence-corrected chi connectivity index (χ3v) is 5.54. The molecule has 0 fully saturated rings. The molecule has 2 aromatic heterocycles. The number of nitrogen functional groups attached to an aromatic ring is 1. The number of nitrogens with two attached hydrogens (primary N) is 1. The molecule has 0 atom stereocenters. The van der Waals surface area contributed by atoms with Gasteiger partial charge in [-0.2, -0.15) is 5.10 Å². The molecule has 0 bridgehead atoms. The van der Waals surface area contributed by atoms with Gasteiger partial charge in [0.05, 0.1) is 24.6 Å². The Hall–Kier alpha value is -4.68. The fourth-order valence-electron chi connectivity index (χ4n) is 3.44. The zero-order valence-electron chi connectivity index (χ0n) is 22.9. The first kappa shape index (κ1) is 28.3. The number of methoxy groups -OCH3 is 1. The average Bonchev–Trinajstić information content (AvgIpc) is 3.34. The number of hydrogen-bond donors (Lipinski definition) is 3. The summed E-state index contributed by atoms with van der Waals surface area (Å²) in [5.41, 5.74) is 7.58. The summed E-state index contributed by atoms with van der Waals surface area (Å²) >= 11 is 0. The Morgan fingerprint density at radius 1 is 0.950 bits per heavy atom. The molecule has 2 aromatic carbocycles. The summed E-state index contributed by atoms with van der Waals surface area (Å²) in [5.74, 6) is 2.32. The van der Waals surface area contributed by atoms with Crippen LogP contribution in [0.3, 0.4) is 0 Å². The van der Waals surface area contributed by atoms with Gasteiger partial charge in [-0.05, 0) is 48.5 Å². The summed E-state index contributed by atoms with van der Waals surface area (Å²) in [7, 11) is 1.61. The Bertz CT molecular complexity index is 1400. The summed E-state index contributed by atoms with van der Waals surface area (Å²) in [6.07, 6.45) is 1.32. The number of hydrogen-bond acceptors (Lipinski definition) is 9. The molecule has 2 amide bonds. The van der Waals surface area contributed by atoms with Crippen LogP contribution in [0.15, 0.2) is 67.0 Å². The van der Waals surface area contributed by atoms with Gasteiger partial charge in [0, 0.05) is 30.3 Å². The number of rotatable bonds is 11. The van der Waals surface area contributed by atoms with E-state index in [0.717, 1.165) is 11.4 Å². The van der Waals surface area contributed by atoms with E-state index in [1.165, 1.54) is 12.4 Å². The number of carbonyl (C=O) groups excluding carboxylic acids is 1. The zero-order valence-corrected chi connectivity index (χ0v) is 22.9. The number of nitrogens with one attached hydrogen (secondary N) is 2. The van der Waals surface area contributed by atoms with Gasteiger partial charge in [-0.25, -0.2) is 19.4 Å². The first-order valence-corrected chi connectivity index (χ1v) is 12.5. The molecule has 4 N–H and O–H groups in total. The largest absolute Gasteiger partial charge is 0.468 e. The predicted octanol–water partition coefficient (Wildman–Crippen LogP) is 4.98. The van der Waals surface area contributed by atoms with Crippen LogP contribution in [0.1, 0.15) is 26.5 Å². The molecule has 0 aliphatic heterocycles. The normalized spacial score (nSPS) is 11.2. The lowest BCUT2D eigenvalue weighted by molar-refractivity contribution is -0.00847. The molecule has 0 radical (unpaired) electrons. The van der Waals surface area contributed by atoms with Crippen molar-refractivity contribution in [2.45, 2.75) is 26.2 Å². The van der Waals surface area contributed by atoms with Gasteiger partial charge in [-0.1, -0.05) is 20.8 Å². The highest BCUT2D eigenvalue weighted by atomic mass is 16.7. The summed E-state index contributed by atoms with van der Waals surface area (Å²) in [6, 6.07) is 17.2. The summed E-state index contributed by atoms with van der Waals surface area (Å²) in [4.78, 5) is 20.8. The number of anilines is 3. The molecule has 0 saturated carbocycles. The van der Waals surface area contributed by atoms with E-state index in [1.54, 1.807) is 36.1 Å². The quantitative estimate of drug-likeness (QED) is 0.175. The van der Waals surface area contributed by atoms with Crippen molar-refractivity contribution in [2.75, 3.05) is 43.5 Å². The lowest BCUT2D eigenvalue weighted by Crippen LogP contribution is -2.21. The van der Waals surface area contributed by atoms with Crippen molar-refractivity contribution in [1.82, 2.24) is 19.7 Å². The van der Waals surface area contributed by atoms with Crippen LogP contribution in [0.2, 0.25) is 0 Å². The summed E-state index contributed by atoms with van der Waals surface area (Å²) in [6.45, 7) is 7.25. The van der Waals surface area contributed by atoms with Crippen LogP contribution >= 0.6 is 0 Å². The van der Waals surface area contributed by atoms with Crippen molar-refractivity contribution in [1.29, 1.82) is 0 Å². The van der Waals surface area contributed by atoms with Crippen LogP contribution in [0.25, 0.3) is 5.69 Å². The topological polar surface area (TPSA) is 148 Å². The average molecular weight is 548 g/mol. The number of benzene rings is 2. The van der Waals surface area contributed by atoms with Crippen LogP contribution in [-0.2, 0) is 14.9 Å². The monoisotopic (exact) mass is 547 g/mol. The maximum atomic E-state index is 12.9. The van der Waals surface area contributed by atoms with E-state index in [1.807, 2.05) is 30.3 Å². The van der Waals surface area contributed by atoms with Gasteiger partial charge < -0.3 is 30.0 Å². The fraction of sp³-hybridized carbons (Fsp3) is 0.286. The van der Waals surface area contributed by atoms with E-state index in [0.29, 0.717) is 47.9 Å². The number of carbonyl (C=O) groups is 1. The Kier molecular flexibility index (Phi) is 9.15. The van der Waals surface area contributed by atoms with E-state index < -0.39 is 6.03 Å². The van der Waals surface area contributed by atoms with E-state index in [2.05, 4.69) is 41.4 Å². The van der Waals surface area contributed by atoms with E-state index in [9.17, 15) is 4.79 Å². The molecule has 2 heterocycles. The first-order chi connectivity index (χ1) is 19.2. The second-order valence-electron chi connectivity index (χ2n) is 9.72. The van der Waals surface area contributed by atoms with Gasteiger partial charge >= 0.3 is 6.03 Å². The first-order valence-electron chi connectivity index (χ1n) is 12.5. The van der Waals surface area contributed by atoms with Crippen LogP contribution in [0.5, 0.6) is 17.4 Å². The molecule has 0 aliphatic carbocycles. The minimum Gasteiger partial charge on any atom is -0.468 e. The molecule has 4 rings (SSSR count). The van der Waals surface area contributed by atoms with Crippen molar-refractivity contribution < 1.29 is 23.7 Å². The molecule has 12 nitrogen and oxygen atoms in total. The minimum absolute atomic E-state index is 0.119. The Balaban J connectivity index is 1.42. The number of ether oxygens (including phenoxy) is 4. The number of amides is 2. The molecular formula is C28H33N7O5. The van der Waals surface area contributed by atoms with Crippen molar-refractivity contribution in [3.8, 4) is 23.1 Å². The van der Waals surface area contributed by atoms with Crippen molar-refractivity contribution in [2.24, 2.45) is 0 Å². The van der Waals surface area contributed by atoms with Gasteiger partial charge in [0.1, 0.15) is 29.5 Å². The Labute approximate surface area is 232 Å². The van der Waals surface area contributed by atoms with Crippen molar-refractivity contribution in [3.05, 3.63) is 72.7 Å². The van der Waals surface area contributed by atoms with Crippen molar-refractivity contribution >= 4 is 23.4 Å². The van der Waals surface area contributed by atoms with Crippen LogP contribution in [0.4, 0.5) is 22.1 Å². The molecule has 0 saturated heterocycles. The highest BCUT2D eigenvalue weighted by Gasteiger charge is 2.21. The van der Waals surface area contributed by atoms with E-state index in [4.69, 9.17) is 29.8 Å². The molecule has 210 valence electrons. The lowest BCUT2D eigenvalue weighted by Gasteiger charge is -2.14. The molecule has 4 aromatic rings. The number of nitrogens with zero attached hydrogens (tertiary/aromatic N) is 4. The summed E-state index contributed by atoms with van der Waals surface area (Å²) < 4.78 is 23.2. The van der Waals surface area contributed by atoms with Gasteiger partial charge in [0.25, 0.3) is 0 Å². The van der Waals surface area contributed by atoms with E-state index >= 15 is 0 Å². The highest BCUT2D eigenvalue weighted by Crippen LogP contribution is 2.28. The van der Waals surface area contributed by atoms with Crippen LogP contribution in [-0.4, -0.2) is 52.9 Å². The lowest BCUT2D eigenvalue weighted by atomic mass is 9.92. The maximum Gasteiger partial charge on any atom is 0.324 e. The smallest absolute Gasteiger partial charge is 0.324 e. The molecular weight excluding hydrogens is 514 g/mol. The SMILES string of the molecule is COCCOCOc1ccc(-n2nc(C(C)(C)C)cc2NC(=O)Nc2ccc(Oc3cc(N)ncn3)cc2)cc1. The number of aromatic nitrogens is 4. The Morgan fingerprint density at radius 2 is 1.68 bits per heavy atom. The zero-order chi connectivity index (χ0) is 28.5. The minimum atomic E-state index is -0.424. The van der Waals surface area contributed by atoms with Crippen LogP contribution < -0.4 is 25.8 Å². The second-order valence-corrected chi connectivity index (χ2v) is 9.72. The molecule has 0 aliphatic rings. The fourth-order valence-corrected chi connectivity index (χ4v) is 3.44. The standard InChI is InChI=1S/C28H33N7O5/c1-28(2,3)23-15-25(35(34-23)20-7-11-21(12-8-20)39-18-38-14-13-37-4)33-27(36)32-19-5-9-22(10-6-19)40-26-16-24(29)30-17-31-26/h5-12,15-17H,13-14,18H2,1-4H3,(H2,29,30,31)(H2,32,33,36).